The van der Waals surface area contributed by atoms with Crippen molar-refractivity contribution >= 4 is 6.29 Å². The van der Waals surface area contributed by atoms with E-state index in [1.165, 1.54) is 19.3 Å². The van der Waals surface area contributed by atoms with Gasteiger partial charge in [0.05, 0.1) is 19.3 Å². The fraction of sp³-hybridized carbons (Fsp3) is 0.462. The Kier molecular flexibility index (Phi) is 3.57. The molecule has 3 aliphatic rings. The lowest BCUT2D eigenvalue weighted by Gasteiger charge is -2.23. The lowest BCUT2D eigenvalue weighted by molar-refractivity contribution is -0.0647. The molecule has 1 saturated carbocycles. The van der Waals surface area contributed by atoms with E-state index in [9.17, 15) is 4.79 Å². The zero-order valence-electron chi connectivity index (χ0n) is 9.39. The van der Waals surface area contributed by atoms with Crippen LogP contribution in [0.25, 0.3) is 0 Å². The molecule has 16 heavy (non-hydrogen) atoms. The molecule has 0 amide bonds. The van der Waals surface area contributed by atoms with Crippen LogP contribution in [0.4, 0.5) is 0 Å². The van der Waals surface area contributed by atoms with E-state index in [-0.39, 0.29) is 0 Å². The molecule has 3 fully saturated rings. The highest BCUT2D eigenvalue weighted by atomic mass is 16.5. The summed E-state index contributed by atoms with van der Waals surface area (Å²) in [5.41, 5.74) is 0.667. The molecule has 0 radical (unpaired) electrons. The minimum Gasteiger partial charge on any atom is -0.497 e. The number of hydrogen-bond donors (Lipinski definition) is 0. The van der Waals surface area contributed by atoms with Gasteiger partial charge in [-0.05, 0) is 43.5 Å². The highest BCUT2D eigenvalue weighted by Crippen LogP contribution is 2.36. The molecule has 4 rings (SSSR count). The van der Waals surface area contributed by atoms with Crippen molar-refractivity contribution in [3.8, 4) is 5.75 Å². The predicted molar refractivity (Wildman–Crippen MR) is 60.9 cm³/mol. The summed E-state index contributed by atoms with van der Waals surface area (Å²) in [6.07, 6.45) is 6.22. The first-order chi connectivity index (χ1) is 7.81. The molecule has 1 aliphatic carbocycles. The van der Waals surface area contributed by atoms with Crippen LogP contribution >= 0.6 is 0 Å². The second kappa shape index (κ2) is 5.12. The maximum Gasteiger partial charge on any atom is 0.150 e. The second-order valence-electron chi connectivity index (χ2n) is 4.08. The van der Waals surface area contributed by atoms with Gasteiger partial charge < -0.3 is 9.47 Å². The number of rotatable bonds is 2. The molecule has 3 nitrogen and oxygen atoms in total. The summed E-state index contributed by atoms with van der Waals surface area (Å²) in [6.45, 7) is 0. The Morgan fingerprint density at radius 2 is 1.81 bits per heavy atom. The summed E-state index contributed by atoms with van der Waals surface area (Å²) >= 11 is 0. The van der Waals surface area contributed by atoms with Gasteiger partial charge in [-0.25, -0.2) is 0 Å². The molecule has 2 saturated heterocycles. The van der Waals surface area contributed by atoms with E-state index in [1.807, 2.05) is 0 Å². The summed E-state index contributed by atoms with van der Waals surface area (Å²) in [6, 6.07) is 6.94. The quantitative estimate of drug-likeness (QED) is 0.718. The van der Waals surface area contributed by atoms with E-state index in [1.54, 1.807) is 31.4 Å². The molecule has 2 unspecified atom stereocenters. The van der Waals surface area contributed by atoms with Crippen molar-refractivity contribution in [2.45, 2.75) is 31.5 Å². The average Bonchev–Trinajstić information content (AvgIpc) is 2.93. The molecule has 1 aromatic carbocycles. The lowest BCUT2D eigenvalue weighted by Crippen LogP contribution is -2.25. The van der Waals surface area contributed by atoms with Gasteiger partial charge in [0.2, 0.25) is 0 Å². The molecule has 2 heterocycles. The third kappa shape index (κ3) is 2.61. The fourth-order valence-electron chi connectivity index (χ4n) is 1.98. The van der Waals surface area contributed by atoms with Crippen LogP contribution in [0.5, 0.6) is 5.75 Å². The molecule has 0 spiro atoms. The van der Waals surface area contributed by atoms with Crippen molar-refractivity contribution in [3.63, 3.8) is 0 Å². The van der Waals surface area contributed by atoms with Crippen LogP contribution < -0.4 is 4.74 Å². The van der Waals surface area contributed by atoms with Crippen molar-refractivity contribution < 1.29 is 14.3 Å². The van der Waals surface area contributed by atoms with Crippen LogP contribution in [0.15, 0.2) is 24.3 Å². The second-order valence-corrected chi connectivity index (χ2v) is 4.08. The number of carbonyl (C=O) groups is 1. The Morgan fingerprint density at radius 1 is 1.25 bits per heavy atom. The predicted octanol–water partition coefficient (Wildman–Crippen LogP) is 2.45. The molecule has 0 aromatic heterocycles. The Hall–Kier alpha value is -1.35. The molecular formula is C13H16O3. The van der Waals surface area contributed by atoms with Gasteiger partial charge in [0, 0.05) is 5.56 Å². The van der Waals surface area contributed by atoms with Gasteiger partial charge in [0.1, 0.15) is 12.0 Å². The lowest BCUT2D eigenvalue weighted by atomic mass is 10.2. The molecular weight excluding hydrogens is 204 g/mol. The van der Waals surface area contributed by atoms with Crippen LogP contribution in [-0.4, -0.2) is 25.6 Å². The van der Waals surface area contributed by atoms with E-state index in [4.69, 9.17) is 9.47 Å². The Balaban J connectivity index is 0.000000134. The normalized spacial score (nSPS) is 25.1. The molecule has 2 atom stereocenters. The summed E-state index contributed by atoms with van der Waals surface area (Å²) in [5, 5.41) is 0. The van der Waals surface area contributed by atoms with Crippen LogP contribution in [0.1, 0.15) is 29.6 Å². The van der Waals surface area contributed by atoms with Crippen molar-refractivity contribution in [2.24, 2.45) is 0 Å². The van der Waals surface area contributed by atoms with Gasteiger partial charge in [-0.2, -0.15) is 0 Å². The van der Waals surface area contributed by atoms with Crippen molar-refractivity contribution in [3.05, 3.63) is 29.8 Å². The summed E-state index contributed by atoms with van der Waals surface area (Å²) in [5.74, 6) is 0.769. The molecule has 2 bridgehead atoms. The average molecular weight is 220 g/mol. The maximum atomic E-state index is 10.2. The van der Waals surface area contributed by atoms with Gasteiger partial charge in [0.25, 0.3) is 0 Å². The molecule has 86 valence electrons. The van der Waals surface area contributed by atoms with Gasteiger partial charge in [-0.3, -0.25) is 4.79 Å². The van der Waals surface area contributed by atoms with E-state index in [0.29, 0.717) is 17.8 Å². The number of carbonyl (C=O) groups excluding carboxylic acids is 1. The maximum absolute atomic E-state index is 10.2. The zero-order valence-corrected chi connectivity index (χ0v) is 9.39. The summed E-state index contributed by atoms with van der Waals surface area (Å²) in [4.78, 5) is 10.2. The van der Waals surface area contributed by atoms with E-state index in [2.05, 4.69) is 0 Å². The van der Waals surface area contributed by atoms with Crippen molar-refractivity contribution in [1.82, 2.24) is 0 Å². The number of methoxy groups -OCH3 is 1. The molecule has 1 aromatic rings. The van der Waals surface area contributed by atoms with E-state index in [0.717, 1.165) is 12.0 Å². The van der Waals surface area contributed by atoms with Crippen molar-refractivity contribution in [1.29, 1.82) is 0 Å². The number of fused-ring (bicyclic) bond motifs is 1. The first-order valence-electron chi connectivity index (χ1n) is 5.56. The van der Waals surface area contributed by atoms with Crippen molar-refractivity contribution in [2.75, 3.05) is 7.11 Å². The first-order valence-corrected chi connectivity index (χ1v) is 5.56. The van der Waals surface area contributed by atoms with Crippen LogP contribution in [0.2, 0.25) is 0 Å². The highest BCUT2D eigenvalue weighted by Gasteiger charge is 2.36. The number of aldehydes is 1. The summed E-state index contributed by atoms with van der Waals surface area (Å²) in [7, 11) is 1.59. The Morgan fingerprint density at radius 3 is 2.12 bits per heavy atom. The number of ether oxygens (including phenoxy) is 2. The van der Waals surface area contributed by atoms with E-state index >= 15 is 0 Å². The molecule has 0 N–H and O–H groups in total. The fourth-order valence-corrected chi connectivity index (χ4v) is 1.98. The Labute approximate surface area is 95.4 Å². The standard InChI is InChI=1S/C8H8O2.C5H8O/c1-10-8-4-2-7(6-9)3-5-8;1-2-5-3-4(1)6-5/h2-6H,1H3;4-5H,1-3H2. The minimum atomic E-state index is 0.667. The van der Waals surface area contributed by atoms with Crippen LogP contribution in [0.3, 0.4) is 0 Å². The van der Waals surface area contributed by atoms with Crippen LogP contribution in [-0.2, 0) is 4.74 Å². The van der Waals surface area contributed by atoms with E-state index < -0.39 is 0 Å². The van der Waals surface area contributed by atoms with Gasteiger partial charge >= 0.3 is 0 Å². The first kappa shape index (κ1) is 11.1. The third-order valence-corrected chi connectivity index (χ3v) is 2.97. The zero-order chi connectivity index (χ0) is 11.4. The van der Waals surface area contributed by atoms with Gasteiger partial charge in [-0.15, -0.1) is 0 Å². The topological polar surface area (TPSA) is 35.5 Å². The smallest absolute Gasteiger partial charge is 0.150 e. The SMILES string of the molecule is C1CC2CC1O2.COc1ccc(C=O)cc1. The van der Waals surface area contributed by atoms with Crippen LogP contribution in [0, 0.1) is 0 Å². The molecule has 2 aliphatic heterocycles. The van der Waals surface area contributed by atoms with Gasteiger partial charge in [-0.1, -0.05) is 0 Å². The number of benzene rings is 1. The highest BCUT2D eigenvalue weighted by molar-refractivity contribution is 5.74. The summed E-state index contributed by atoms with van der Waals surface area (Å²) < 4.78 is 10.1. The third-order valence-electron chi connectivity index (χ3n) is 2.97. The largest absolute Gasteiger partial charge is 0.497 e. The molecule has 3 heteroatoms. The number of hydrogen-bond acceptors (Lipinski definition) is 3. The van der Waals surface area contributed by atoms with Gasteiger partial charge in [0.15, 0.2) is 0 Å². The minimum absolute atomic E-state index is 0.667. The monoisotopic (exact) mass is 220 g/mol. The Bertz CT molecular complexity index is 325.